The van der Waals surface area contributed by atoms with Gasteiger partial charge in [-0.3, -0.25) is 0 Å². The van der Waals surface area contributed by atoms with Crippen LogP contribution in [0.5, 0.6) is 0 Å². The lowest BCUT2D eigenvalue weighted by atomic mass is 10.0. The van der Waals surface area contributed by atoms with Gasteiger partial charge in [0.2, 0.25) is 0 Å². The van der Waals surface area contributed by atoms with Gasteiger partial charge < -0.3 is 0 Å². The molecule has 0 fully saturated rings. The van der Waals surface area contributed by atoms with Crippen molar-refractivity contribution in [3.8, 4) is 0 Å². The first-order chi connectivity index (χ1) is 9.98. The van der Waals surface area contributed by atoms with E-state index in [4.69, 9.17) is 14.7 Å². The van der Waals surface area contributed by atoms with Crippen molar-refractivity contribution in [2.24, 2.45) is 0 Å². The second kappa shape index (κ2) is 13.6. The SMILES string of the molecule is CCCCCCCCCCCCCCCC(=O)[P+](O)(O)O. The molecule has 0 rings (SSSR count). The molecule has 0 aromatic heterocycles. The molecule has 0 aromatic carbocycles. The summed E-state index contributed by atoms with van der Waals surface area (Å²) in [6.45, 7) is 2.24. The second-order valence-corrected chi connectivity index (χ2v) is 7.59. The number of hydrogen-bond donors (Lipinski definition) is 3. The highest BCUT2D eigenvalue weighted by atomic mass is 31.2. The fourth-order valence-electron chi connectivity index (χ4n) is 2.44. The molecule has 0 saturated carbocycles. The average Bonchev–Trinajstić information content (AvgIpc) is 2.42. The van der Waals surface area contributed by atoms with Crippen molar-refractivity contribution < 1.29 is 19.5 Å². The van der Waals surface area contributed by atoms with Crippen LogP contribution in [0.3, 0.4) is 0 Å². The summed E-state index contributed by atoms with van der Waals surface area (Å²) in [5, 5.41) is 0. The minimum absolute atomic E-state index is 0.0784. The van der Waals surface area contributed by atoms with Crippen molar-refractivity contribution in [2.75, 3.05) is 0 Å². The highest BCUT2D eigenvalue weighted by molar-refractivity contribution is 7.76. The van der Waals surface area contributed by atoms with Gasteiger partial charge in [0.1, 0.15) is 0 Å². The minimum Gasteiger partial charge on any atom is -0.244 e. The molecule has 0 aliphatic rings. The Hall–Kier alpha value is -0.0200. The van der Waals surface area contributed by atoms with Crippen molar-refractivity contribution in [1.29, 1.82) is 0 Å². The lowest BCUT2D eigenvalue weighted by Crippen LogP contribution is -2.04. The van der Waals surface area contributed by atoms with E-state index in [-0.39, 0.29) is 6.42 Å². The molecule has 0 heterocycles. The third-order valence-electron chi connectivity index (χ3n) is 3.83. The van der Waals surface area contributed by atoms with Crippen LogP contribution in [0.4, 0.5) is 0 Å². The number of rotatable bonds is 15. The Balaban J connectivity index is 3.14. The fourth-order valence-corrected chi connectivity index (χ4v) is 2.90. The monoisotopic (exact) mass is 321 g/mol. The van der Waals surface area contributed by atoms with E-state index >= 15 is 0 Å². The fraction of sp³-hybridized carbons (Fsp3) is 0.938. The van der Waals surface area contributed by atoms with Gasteiger partial charge in [-0.2, -0.15) is 14.7 Å². The Morgan fingerprint density at radius 2 is 1.00 bits per heavy atom. The first-order valence-electron chi connectivity index (χ1n) is 8.59. The molecule has 0 aromatic rings. The van der Waals surface area contributed by atoms with E-state index in [0.29, 0.717) is 6.42 Å². The summed E-state index contributed by atoms with van der Waals surface area (Å²) in [7, 11) is -4.23. The summed E-state index contributed by atoms with van der Waals surface area (Å²) in [4.78, 5) is 37.3. The first kappa shape index (κ1) is 21.0. The predicted molar refractivity (Wildman–Crippen MR) is 88.9 cm³/mol. The smallest absolute Gasteiger partial charge is 0.244 e. The van der Waals surface area contributed by atoms with Crippen LogP contribution in [0, 0.1) is 0 Å². The van der Waals surface area contributed by atoms with Crippen LogP contribution < -0.4 is 0 Å². The summed E-state index contributed by atoms with van der Waals surface area (Å²) in [5.74, 6) is 0. The standard InChI is InChI=1S/C16H34O4P/c1-2-3-4-5-6-7-8-9-10-11-12-13-14-15-16(17)21(18,19)20/h18-20H,2-15H2,1H3/q+1. The molecular weight excluding hydrogens is 287 g/mol. The quantitative estimate of drug-likeness (QED) is 0.301. The average molecular weight is 321 g/mol. The number of hydrogen-bond acceptors (Lipinski definition) is 4. The van der Waals surface area contributed by atoms with Gasteiger partial charge >= 0.3 is 13.5 Å². The van der Waals surface area contributed by atoms with E-state index in [0.717, 1.165) is 12.8 Å². The molecule has 126 valence electrons. The van der Waals surface area contributed by atoms with Gasteiger partial charge in [-0.05, 0) is 6.42 Å². The molecule has 0 unspecified atom stereocenters. The maximum atomic E-state index is 11.1. The van der Waals surface area contributed by atoms with Crippen molar-refractivity contribution in [1.82, 2.24) is 0 Å². The van der Waals surface area contributed by atoms with Gasteiger partial charge in [-0.25, -0.2) is 4.79 Å². The summed E-state index contributed by atoms with van der Waals surface area (Å²) < 4.78 is 0. The van der Waals surface area contributed by atoms with E-state index in [2.05, 4.69) is 6.92 Å². The molecule has 21 heavy (non-hydrogen) atoms. The molecule has 0 bridgehead atoms. The number of carbonyl (C=O) groups is 1. The van der Waals surface area contributed by atoms with Crippen molar-refractivity contribution >= 4 is 13.5 Å². The lowest BCUT2D eigenvalue weighted by molar-refractivity contribution is -0.114. The molecule has 0 aliphatic heterocycles. The van der Waals surface area contributed by atoms with Gasteiger partial charge in [0.05, 0.1) is 6.42 Å². The van der Waals surface area contributed by atoms with E-state index < -0.39 is 13.5 Å². The van der Waals surface area contributed by atoms with Gasteiger partial charge in [-0.1, -0.05) is 84.0 Å². The zero-order valence-electron chi connectivity index (χ0n) is 13.6. The van der Waals surface area contributed by atoms with Crippen LogP contribution in [0.2, 0.25) is 0 Å². The van der Waals surface area contributed by atoms with Crippen LogP contribution in [0.1, 0.15) is 96.8 Å². The lowest BCUT2D eigenvalue weighted by Gasteiger charge is -2.03. The largest absolute Gasteiger partial charge is 0.478 e. The van der Waals surface area contributed by atoms with E-state index in [1.165, 1.54) is 64.2 Å². The molecular formula is C16H34O4P+. The Kier molecular flexibility index (Phi) is 13.6. The van der Waals surface area contributed by atoms with Crippen LogP contribution in [0.15, 0.2) is 0 Å². The Morgan fingerprint density at radius 3 is 1.33 bits per heavy atom. The van der Waals surface area contributed by atoms with Crippen molar-refractivity contribution in [3.05, 3.63) is 0 Å². The van der Waals surface area contributed by atoms with Crippen molar-refractivity contribution in [3.63, 3.8) is 0 Å². The summed E-state index contributed by atoms with van der Waals surface area (Å²) >= 11 is 0. The molecule has 0 aliphatic carbocycles. The van der Waals surface area contributed by atoms with Gasteiger partial charge in [0.25, 0.3) is 0 Å². The summed E-state index contributed by atoms with van der Waals surface area (Å²) in [6, 6.07) is 0. The molecule has 0 amide bonds. The van der Waals surface area contributed by atoms with Crippen LogP contribution in [-0.4, -0.2) is 20.2 Å². The number of carbonyl (C=O) groups excluding carboxylic acids is 1. The second-order valence-electron chi connectivity index (χ2n) is 5.95. The maximum absolute atomic E-state index is 11.1. The van der Waals surface area contributed by atoms with E-state index in [1.807, 2.05) is 0 Å². The highest BCUT2D eigenvalue weighted by Crippen LogP contribution is 2.46. The normalized spacial score (nSPS) is 11.8. The molecule has 0 atom stereocenters. The Labute approximate surface area is 130 Å². The van der Waals surface area contributed by atoms with Crippen LogP contribution in [0.25, 0.3) is 0 Å². The molecule has 0 saturated heterocycles. The summed E-state index contributed by atoms with van der Waals surface area (Å²) in [5.41, 5.74) is -0.800. The molecule has 0 spiro atoms. The molecule has 5 heteroatoms. The predicted octanol–water partition coefficient (Wildman–Crippen LogP) is 4.73. The maximum Gasteiger partial charge on any atom is 0.478 e. The van der Waals surface area contributed by atoms with Crippen molar-refractivity contribution in [2.45, 2.75) is 96.8 Å². The minimum atomic E-state index is -4.23. The molecule has 4 nitrogen and oxygen atoms in total. The topological polar surface area (TPSA) is 77.8 Å². The van der Waals surface area contributed by atoms with Gasteiger partial charge in [0, 0.05) is 0 Å². The summed E-state index contributed by atoms with van der Waals surface area (Å²) in [6.07, 6.45) is 15.9. The molecule has 3 N–H and O–H groups in total. The number of unbranched alkanes of at least 4 members (excludes halogenated alkanes) is 12. The third-order valence-corrected chi connectivity index (χ3v) is 4.72. The van der Waals surface area contributed by atoms with Crippen LogP contribution in [-0.2, 0) is 4.79 Å². The van der Waals surface area contributed by atoms with E-state index in [9.17, 15) is 4.79 Å². The van der Waals surface area contributed by atoms with Gasteiger partial charge in [0.15, 0.2) is 0 Å². The Bertz CT molecular complexity index is 251. The molecule has 0 radical (unpaired) electrons. The zero-order valence-corrected chi connectivity index (χ0v) is 14.5. The highest BCUT2D eigenvalue weighted by Gasteiger charge is 2.41. The van der Waals surface area contributed by atoms with Gasteiger partial charge in [-0.15, -0.1) is 0 Å². The zero-order chi connectivity index (χ0) is 16.0. The first-order valence-corrected chi connectivity index (χ1v) is 10.2. The van der Waals surface area contributed by atoms with Crippen LogP contribution >= 0.6 is 7.94 Å². The third kappa shape index (κ3) is 14.7. The van der Waals surface area contributed by atoms with E-state index in [1.54, 1.807) is 0 Å². The Morgan fingerprint density at radius 1 is 0.667 bits per heavy atom.